The van der Waals surface area contributed by atoms with Gasteiger partial charge in [-0.3, -0.25) is 4.79 Å². The van der Waals surface area contributed by atoms with Crippen molar-refractivity contribution in [2.75, 3.05) is 39.9 Å². The third-order valence-electron chi connectivity index (χ3n) is 8.94. The minimum absolute atomic E-state index is 0.0452. The van der Waals surface area contributed by atoms with Gasteiger partial charge in [0.2, 0.25) is 0 Å². The Bertz CT molecular complexity index is 1460. The maximum atomic E-state index is 13.8. The van der Waals surface area contributed by atoms with E-state index in [4.69, 9.17) is 21.1 Å². The SMILES string of the molecule is CCc1cccc(-c2c(Cl)cccc2[C@](O)(CCCNC(=O)OC)[C@@H]2CCCN(C(=O)c3ccc(CNCCOC(C)C)cc3)C2)c1. The number of carbonyl (C=O) groups is 2. The van der Waals surface area contributed by atoms with E-state index in [1.54, 1.807) is 0 Å². The van der Waals surface area contributed by atoms with Crippen molar-refractivity contribution in [1.82, 2.24) is 15.5 Å². The fraction of sp³-hybridized carbons (Fsp3) is 0.474. The molecule has 3 aromatic carbocycles. The van der Waals surface area contributed by atoms with Crippen LogP contribution in [0.4, 0.5) is 4.79 Å². The summed E-state index contributed by atoms with van der Waals surface area (Å²) < 4.78 is 10.3. The van der Waals surface area contributed by atoms with Crippen LogP contribution in [0.3, 0.4) is 0 Å². The van der Waals surface area contributed by atoms with E-state index in [-0.39, 0.29) is 17.9 Å². The first-order valence-corrected chi connectivity index (χ1v) is 17.2. The number of ether oxygens (including phenoxy) is 2. The van der Waals surface area contributed by atoms with E-state index >= 15 is 0 Å². The van der Waals surface area contributed by atoms with Crippen LogP contribution in [0.1, 0.15) is 73.5 Å². The lowest BCUT2D eigenvalue weighted by molar-refractivity contribution is -0.0563. The number of nitrogens with one attached hydrogen (secondary N) is 2. The Hall–Kier alpha value is -3.43. The van der Waals surface area contributed by atoms with Crippen LogP contribution >= 0.6 is 11.6 Å². The second kappa shape index (κ2) is 17.6. The smallest absolute Gasteiger partial charge is 0.406 e. The third-order valence-corrected chi connectivity index (χ3v) is 9.25. The summed E-state index contributed by atoms with van der Waals surface area (Å²) in [6.07, 6.45) is 2.97. The van der Waals surface area contributed by atoms with Crippen molar-refractivity contribution in [3.05, 3.63) is 94.0 Å². The first kappa shape index (κ1) is 36.4. The highest BCUT2D eigenvalue weighted by atomic mass is 35.5. The highest BCUT2D eigenvalue weighted by molar-refractivity contribution is 6.33. The molecule has 0 aromatic heterocycles. The van der Waals surface area contributed by atoms with Gasteiger partial charge in [0.05, 0.1) is 25.4 Å². The molecule has 3 N–H and O–H groups in total. The molecule has 47 heavy (non-hydrogen) atoms. The minimum Gasteiger partial charge on any atom is -0.453 e. The molecule has 0 spiro atoms. The summed E-state index contributed by atoms with van der Waals surface area (Å²) in [6.45, 7) is 9.63. The van der Waals surface area contributed by atoms with Crippen molar-refractivity contribution < 1.29 is 24.2 Å². The number of benzene rings is 3. The predicted octanol–water partition coefficient (Wildman–Crippen LogP) is 6.96. The molecule has 4 rings (SSSR count). The maximum absolute atomic E-state index is 13.8. The number of hydrogen-bond acceptors (Lipinski definition) is 6. The molecule has 1 aliphatic rings. The third kappa shape index (κ3) is 9.80. The molecule has 3 aromatic rings. The van der Waals surface area contributed by atoms with Crippen molar-refractivity contribution >= 4 is 23.6 Å². The van der Waals surface area contributed by atoms with Crippen LogP contribution in [0, 0.1) is 5.92 Å². The van der Waals surface area contributed by atoms with Gasteiger partial charge in [-0.2, -0.15) is 0 Å². The zero-order valence-corrected chi connectivity index (χ0v) is 28.9. The molecule has 1 aliphatic heterocycles. The molecule has 0 bridgehead atoms. The Morgan fingerprint density at radius 3 is 2.55 bits per heavy atom. The molecule has 8 nitrogen and oxygen atoms in total. The van der Waals surface area contributed by atoms with E-state index in [1.165, 1.54) is 12.7 Å². The lowest BCUT2D eigenvalue weighted by Crippen LogP contribution is -2.48. The average Bonchev–Trinajstić information content (AvgIpc) is 3.09. The van der Waals surface area contributed by atoms with Gasteiger partial charge in [-0.05, 0) is 86.4 Å². The number of methoxy groups -OCH3 is 1. The number of rotatable bonds is 15. The minimum atomic E-state index is -1.31. The van der Waals surface area contributed by atoms with E-state index in [0.29, 0.717) is 56.2 Å². The Morgan fingerprint density at radius 2 is 1.83 bits per heavy atom. The second-order valence-corrected chi connectivity index (χ2v) is 13.0. The number of amides is 2. The van der Waals surface area contributed by atoms with E-state index in [0.717, 1.165) is 48.1 Å². The molecule has 0 aliphatic carbocycles. The van der Waals surface area contributed by atoms with Crippen LogP contribution in [-0.2, 0) is 28.0 Å². The Kier molecular flexibility index (Phi) is 13.7. The second-order valence-electron chi connectivity index (χ2n) is 12.5. The van der Waals surface area contributed by atoms with Crippen molar-refractivity contribution in [2.24, 2.45) is 5.92 Å². The first-order chi connectivity index (χ1) is 22.7. The summed E-state index contributed by atoms with van der Waals surface area (Å²) in [5, 5.41) is 19.5. The number of aliphatic hydroxyl groups is 1. The number of hydrogen-bond donors (Lipinski definition) is 3. The zero-order chi connectivity index (χ0) is 33.8. The van der Waals surface area contributed by atoms with Gasteiger partial charge in [0.15, 0.2) is 0 Å². The number of piperidine rings is 1. The molecule has 0 saturated carbocycles. The van der Waals surface area contributed by atoms with Crippen LogP contribution in [0.25, 0.3) is 11.1 Å². The summed E-state index contributed by atoms with van der Waals surface area (Å²) in [4.78, 5) is 27.4. The number of alkyl carbamates (subject to hydrolysis) is 1. The molecular formula is C38H50ClN3O5. The topological polar surface area (TPSA) is 100 Å². The van der Waals surface area contributed by atoms with Gasteiger partial charge in [0, 0.05) is 54.8 Å². The van der Waals surface area contributed by atoms with Gasteiger partial charge in [-0.25, -0.2) is 4.79 Å². The summed E-state index contributed by atoms with van der Waals surface area (Å²) >= 11 is 6.90. The fourth-order valence-electron chi connectivity index (χ4n) is 6.40. The largest absolute Gasteiger partial charge is 0.453 e. The van der Waals surface area contributed by atoms with Crippen molar-refractivity contribution in [1.29, 1.82) is 0 Å². The number of likely N-dealkylation sites (tertiary alicyclic amines) is 1. The molecule has 2 atom stereocenters. The van der Waals surface area contributed by atoms with Gasteiger partial charge in [0.1, 0.15) is 0 Å². The van der Waals surface area contributed by atoms with Gasteiger partial charge >= 0.3 is 6.09 Å². The Labute approximate surface area is 284 Å². The van der Waals surface area contributed by atoms with E-state index < -0.39 is 11.7 Å². The molecule has 1 heterocycles. The fourth-order valence-corrected chi connectivity index (χ4v) is 6.69. The van der Waals surface area contributed by atoms with Crippen LogP contribution in [0.15, 0.2) is 66.7 Å². The normalized spacial score (nSPS) is 16.1. The average molecular weight is 664 g/mol. The van der Waals surface area contributed by atoms with Crippen LogP contribution in [0.5, 0.6) is 0 Å². The molecule has 254 valence electrons. The van der Waals surface area contributed by atoms with Crippen LogP contribution < -0.4 is 10.6 Å². The predicted molar refractivity (Wildman–Crippen MR) is 188 cm³/mol. The summed E-state index contributed by atoms with van der Waals surface area (Å²) in [5.74, 6) is -0.294. The van der Waals surface area contributed by atoms with Crippen molar-refractivity contribution in [2.45, 2.75) is 71.1 Å². The number of aryl methyl sites for hydroxylation is 1. The Morgan fingerprint density at radius 1 is 1.06 bits per heavy atom. The van der Waals surface area contributed by atoms with Crippen molar-refractivity contribution in [3.8, 4) is 11.1 Å². The molecule has 0 unspecified atom stereocenters. The monoisotopic (exact) mass is 663 g/mol. The lowest BCUT2D eigenvalue weighted by Gasteiger charge is -2.44. The van der Waals surface area contributed by atoms with E-state index in [9.17, 15) is 14.7 Å². The number of carbonyl (C=O) groups excluding carboxylic acids is 2. The highest BCUT2D eigenvalue weighted by Crippen LogP contribution is 2.45. The van der Waals surface area contributed by atoms with Crippen molar-refractivity contribution in [3.63, 3.8) is 0 Å². The molecular weight excluding hydrogens is 614 g/mol. The van der Waals surface area contributed by atoms with E-state index in [1.807, 2.05) is 73.3 Å². The summed E-state index contributed by atoms with van der Waals surface area (Å²) in [6, 6.07) is 21.7. The molecule has 1 saturated heterocycles. The Balaban J connectivity index is 1.57. The van der Waals surface area contributed by atoms with Gasteiger partial charge in [-0.15, -0.1) is 0 Å². The number of halogens is 1. The maximum Gasteiger partial charge on any atom is 0.406 e. The first-order valence-electron chi connectivity index (χ1n) is 16.8. The molecule has 0 radical (unpaired) electrons. The summed E-state index contributed by atoms with van der Waals surface area (Å²) in [5.41, 5.74) is 4.08. The quantitative estimate of drug-likeness (QED) is 0.152. The zero-order valence-electron chi connectivity index (χ0n) is 28.2. The molecule has 2 amide bonds. The highest BCUT2D eigenvalue weighted by Gasteiger charge is 2.43. The van der Waals surface area contributed by atoms with Gasteiger partial charge in [-0.1, -0.05) is 67.1 Å². The standard InChI is InChI=1S/C38H50ClN3O5/c1-5-28-10-6-11-31(24-28)35-33(13-7-14-34(35)39)38(45,19-9-20-41-37(44)46-4)32-12-8-22-42(26-32)36(43)30-17-15-29(16-18-30)25-40-21-23-47-27(2)3/h6-7,10-11,13-18,24,27,32,40,45H,5,8-9,12,19-23,25-26H2,1-4H3,(H,41,44)/t32-,38+/m1/s1. The lowest BCUT2D eigenvalue weighted by atomic mass is 9.72. The van der Waals surface area contributed by atoms with Gasteiger partial charge < -0.3 is 30.1 Å². The van der Waals surface area contributed by atoms with E-state index in [2.05, 4.69) is 29.7 Å². The molecule has 9 heteroatoms. The number of nitrogens with zero attached hydrogens (tertiary/aromatic N) is 1. The van der Waals surface area contributed by atoms with Crippen LogP contribution in [-0.4, -0.2) is 68.0 Å². The van der Waals surface area contributed by atoms with Crippen LogP contribution in [0.2, 0.25) is 5.02 Å². The van der Waals surface area contributed by atoms with Gasteiger partial charge in [0.25, 0.3) is 5.91 Å². The summed E-state index contributed by atoms with van der Waals surface area (Å²) in [7, 11) is 1.33. The molecule has 1 fully saturated rings.